The van der Waals surface area contributed by atoms with Gasteiger partial charge in [0.05, 0.1) is 24.9 Å². The third-order valence-corrected chi connectivity index (χ3v) is 15.3. The second-order valence-electron chi connectivity index (χ2n) is 15.9. The molecule has 12 atom stereocenters. The third-order valence-electron chi connectivity index (χ3n) is 12.6. The molecule has 0 spiro atoms. The van der Waals surface area contributed by atoms with Crippen LogP contribution in [0.15, 0.2) is 36.0 Å². The highest BCUT2D eigenvalue weighted by atomic mass is 31.3. The molecule has 1 saturated heterocycles. The van der Waals surface area contributed by atoms with Crippen LogP contribution >= 0.6 is 15.6 Å². The highest BCUT2D eigenvalue weighted by molar-refractivity contribution is 7.61. The van der Waals surface area contributed by atoms with Crippen LogP contribution in [0.3, 0.4) is 0 Å². The van der Waals surface area contributed by atoms with Gasteiger partial charge in [0.1, 0.15) is 13.2 Å². The van der Waals surface area contributed by atoms with Crippen LogP contribution in [0.1, 0.15) is 91.4 Å². The zero-order chi connectivity index (χ0) is 38.9. The summed E-state index contributed by atoms with van der Waals surface area (Å²) in [4.78, 5) is 60.2. The fourth-order valence-electron chi connectivity index (χ4n) is 10.4. The van der Waals surface area contributed by atoms with Crippen molar-refractivity contribution in [1.29, 1.82) is 0 Å². The Labute approximate surface area is 316 Å². The smallest absolute Gasteiger partial charge is 0.388 e. The van der Waals surface area contributed by atoms with Crippen molar-refractivity contribution in [2.24, 2.45) is 28.6 Å². The summed E-state index contributed by atoms with van der Waals surface area (Å²) in [6.45, 7) is 4.01. The van der Waals surface area contributed by atoms with E-state index in [-0.39, 0.29) is 43.3 Å². The molecule has 0 radical (unpaired) electrons. The lowest BCUT2D eigenvalue weighted by atomic mass is 9.46. The SMILES string of the molecule is CCCC1O[C@@H]2C[C@H]3[C@@H]4CCC5=CC(=O)C=C[C@]5(C)[C@H]4[C@@H](OP(=O)(O)OP(=O)(O)OCCNC(=O)COC4/C=C\CCCCC4)C[C@]3(C)[C@]2(C(=O)CO)O1. The first kappa shape index (κ1) is 41.8. The number of carbonyl (C=O) groups excluding carboxylic acids is 3. The number of hydrogen-bond acceptors (Lipinski definition) is 12. The molecule has 6 aliphatic rings. The molecule has 0 aromatic carbocycles. The van der Waals surface area contributed by atoms with E-state index in [0.717, 1.165) is 44.1 Å². The number of carbonyl (C=O) groups is 3. The second-order valence-corrected chi connectivity index (χ2v) is 18.9. The molecule has 17 heteroatoms. The number of hydrogen-bond donors (Lipinski definition) is 4. The zero-order valence-corrected chi connectivity index (χ0v) is 33.1. The van der Waals surface area contributed by atoms with Gasteiger partial charge in [-0.3, -0.25) is 23.4 Å². The second kappa shape index (κ2) is 16.5. The van der Waals surface area contributed by atoms with Crippen molar-refractivity contribution < 1.29 is 66.0 Å². The molecule has 6 rings (SSSR count). The van der Waals surface area contributed by atoms with Gasteiger partial charge in [0.25, 0.3) is 0 Å². The molecular weight excluding hydrogens is 744 g/mol. The predicted molar refractivity (Wildman–Crippen MR) is 193 cm³/mol. The average molecular weight is 800 g/mol. The maximum absolute atomic E-state index is 13.8. The van der Waals surface area contributed by atoms with Gasteiger partial charge in [-0.2, -0.15) is 4.31 Å². The molecule has 302 valence electrons. The van der Waals surface area contributed by atoms with E-state index in [9.17, 15) is 38.4 Å². The highest BCUT2D eigenvalue weighted by Crippen LogP contribution is 2.72. The lowest BCUT2D eigenvalue weighted by molar-refractivity contribution is -0.198. The van der Waals surface area contributed by atoms with Crippen LogP contribution in [0, 0.1) is 28.6 Å². The zero-order valence-electron chi connectivity index (χ0n) is 31.3. The number of ketones is 2. The minimum atomic E-state index is -5.37. The normalized spacial score (nSPS) is 40.1. The van der Waals surface area contributed by atoms with E-state index >= 15 is 0 Å². The minimum absolute atomic E-state index is 0.0246. The van der Waals surface area contributed by atoms with Gasteiger partial charge in [0, 0.05) is 23.3 Å². The number of amides is 1. The summed E-state index contributed by atoms with van der Waals surface area (Å²) in [5.74, 6) is -2.14. The van der Waals surface area contributed by atoms with E-state index < -0.39 is 81.4 Å². The van der Waals surface area contributed by atoms with E-state index in [1.165, 1.54) is 6.08 Å². The van der Waals surface area contributed by atoms with E-state index in [4.69, 9.17) is 27.6 Å². The van der Waals surface area contributed by atoms with Crippen LogP contribution in [0.4, 0.5) is 0 Å². The Bertz CT molecular complexity index is 1630. The van der Waals surface area contributed by atoms with Crippen molar-refractivity contribution in [2.75, 3.05) is 26.4 Å². The Morgan fingerprint density at radius 3 is 2.67 bits per heavy atom. The molecular formula is C37H55NO14P2. The fraction of sp³-hybridized carbons (Fsp3) is 0.757. The maximum Gasteiger partial charge on any atom is 0.481 e. The van der Waals surface area contributed by atoms with Crippen LogP contribution in [-0.2, 0) is 51.1 Å². The summed E-state index contributed by atoms with van der Waals surface area (Å²) in [7, 11) is -10.6. The first-order chi connectivity index (χ1) is 25.6. The van der Waals surface area contributed by atoms with Gasteiger partial charge in [-0.1, -0.05) is 63.8 Å². The average Bonchev–Trinajstić information content (AvgIpc) is 3.57. The number of phosphoric acid groups is 2. The van der Waals surface area contributed by atoms with E-state index in [2.05, 4.69) is 5.32 Å². The molecule has 0 aromatic heterocycles. The lowest BCUT2D eigenvalue weighted by Crippen LogP contribution is -2.63. The molecule has 4 N–H and O–H groups in total. The molecule has 4 unspecified atom stereocenters. The van der Waals surface area contributed by atoms with Gasteiger partial charge in [-0.05, 0) is 75.4 Å². The van der Waals surface area contributed by atoms with Gasteiger partial charge < -0.3 is 34.4 Å². The number of rotatable bonds is 15. The van der Waals surface area contributed by atoms with Crippen LogP contribution < -0.4 is 5.32 Å². The summed E-state index contributed by atoms with van der Waals surface area (Å²) in [5, 5.41) is 12.8. The minimum Gasteiger partial charge on any atom is -0.388 e. The number of phosphoric ester groups is 2. The van der Waals surface area contributed by atoms with Crippen molar-refractivity contribution in [2.45, 2.75) is 122 Å². The topological polar surface area (TPSA) is 213 Å². The number of ether oxygens (including phenoxy) is 3. The number of allylic oxidation sites excluding steroid dienone is 5. The molecule has 0 bridgehead atoms. The molecule has 4 fully saturated rings. The van der Waals surface area contributed by atoms with Gasteiger partial charge in [0.15, 0.2) is 23.5 Å². The Kier molecular flexibility index (Phi) is 12.8. The molecule has 1 heterocycles. The number of Topliss-reactive ketones (excluding diaryl/α,β-unsaturated/α-hetero) is 1. The van der Waals surface area contributed by atoms with Crippen LogP contribution in [-0.4, -0.2) is 88.9 Å². The lowest BCUT2D eigenvalue weighted by Gasteiger charge is -2.60. The van der Waals surface area contributed by atoms with Gasteiger partial charge in [0.2, 0.25) is 5.91 Å². The Hall–Kier alpha value is -1.87. The maximum atomic E-state index is 13.8. The summed E-state index contributed by atoms with van der Waals surface area (Å²) in [6.07, 6.45) is 13.9. The van der Waals surface area contributed by atoms with Crippen molar-refractivity contribution in [3.05, 3.63) is 36.0 Å². The summed E-state index contributed by atoms with van der Waals surface area (Å²) >= 11 is 0. The summed E-state index contributed by atoms with van der Waals surface area (Å²) in [6, 6.07) is 0. The van der Waals surface area contributed by atoms with Crippen molar-refractivity contribution in [3.63, 3.8) is 0 Å². The monoisotopic (exact) mass is 799 g/mol. The third kappa shape index (κ3) is 8.25. The first-order valence-electron chi connectivity index (χ1n) is 19.2. The Morgan fingerprint density at radius 2 is 1.91 bits per heavy atom. The van der Waals surface area contributed by atoms with Gasteiger partial charge >= 0.3 is 15.6 Å². The molecule has 3 saturated carbocycles. The van der Waals surface area contributed by atoms with Crippen LogP contribution in [0.5, 0.6) is 0 Å². The van der Waals surface area contributed by atoms with Crippen LogP contribution in [0.25, 0.3) is 0 Å². The van der Waals surface area contributed by atoms with E-state index in [1.54, 1.807) is 12.2 Å². The molecule has 1 aliphatic heterocycles. The first-order valence-corrected chi connectivity index (χ1v) is 22.2. The fourth-order valence-corrected chi connectivity index (χ4v) is 12.6. The Morgan fingerprint density at radius 1 is 1.11 bits per heavy atom. The highest BCUT2D eigenvalue weighted by Gasteiger charge is 2.76. The molecule has 15 nitrogen and oxygen atoms in total. The molecule has 0 aromatic rings. The number of nitrogens with one attached hydrogen (secondary N) is 1. The predicted octanol–water partition coefficient (Wildman–Crippen LogP) is 5.00. The largest absolute Gasteiger partial charge is 0.481 e. The van der Waals surface area contributed by atoms with E-state index in [1.807, 2.05) is 32.9 Å². The van der Waals surface area contributed by atoms with Crippen LogP contribution in [0.2, 0.25) is 0 Å². The molecule has 1 amide bonds. The quantitative estimate of drug-likeness (QED) is 0.0976. The number of fused-ring (bicyclic) bond motifs is 7. The standard InChI is InChI=1S/C37H55NO14P2/c1-4-10-33-49-31-20-28-27-14-13-24-19-25(40)15-16-35(24,2)34(27)29(21-36(28,3)37(31,50-33)30(41)22-39)51-54(45,46)52-53(43,44)48-18-17-38-32(42)23-47-26-11-8-6-5-7-9-12-26/h8,11,15-16,19,26-29,31,33-34,39H,4-7,9-10,12-14,17-18,20-23H2,1-3H3,(H,38,42)(H,43,44)(H,45,46)/b11-8-/t26?,27-,28-,29-,31+,33?,34+,35-,36-,37+/m0/s1. The summed E-state index contributed by atoms with van der Waals surface area (Å²) in [5.41, 5.74) is -2.58. The van der Waals surface area contributed by atoms with Gasteiger partial charge in [-0.25, -0.2) is 9.13 Å². The number of aliphatic hydroxyl groups is 1. The van der Waals surface area contributed by atoms with Crippen molar-refractivity contribution in [1.82, 2.24) is 5.32 Å². The summed E-state index contributed by atoms with van der Waals surface area (Å²) < 4.78 is 60.8. The number of aliphatic hydroxyl groups excluding tert-OH is 1. The Balaban J connectivity index is 1.16. The van der Waals surface area contributed by atoms with Gasteiger partial charge in [-0.15, -0.1) is 0 Å². The molecule has 54 heavy (non-hydrogen) atoms. The van der Waals surface area contributed by atoms with Crippen molar-refractivity contribution >= 4 is 33.1 Å². The van der Waals surface area contributed by atoms with Crippen molar-refractivity contribution in [3.8, 4) is 0 Å². The molecule has 5 aliphatic carbocycles. The van der Waals surface area contributed by atoms with E-state index in [0.29, 0.717) is 25.7 Å².